The molecule has 58 valence electrons. The second-order valence-corrected chi connectivity index (χ2v) is 3.81. The fraction of sp³-hybridized carbons (Fsp3) is 0.375. The van der Waals surface area contributed by atoms with Crippen LogP contribution in [0, 0.1) is 0 Å². The lowest BCUT2D eigenvalue weighted by atomic mass is 9.91. The molecule has 0 atom stereocenters. The van der Waals surface area contributed by atoms with Crippen molar-refractivity contribution < 1.29 is 0 Å². The molecule has 0 unspecified atom stereocenters. The molecule has 1 aromatic heterocycles. The largest absolute Gasteiger partial charge is 0.211 e. The number of aromatic nitrogens is 2. The van der Waals surface area contributed by atoms with E-state index < -0.39 is 0 Å². The zero-order chi connectivity index (χ0) is 7.68. The van der Waals surface area contributed by atoms with E-state index in [0.29, 0.717) is 0 Å². The van der Waals surface area contributed by atoms with Gasteiger partial charge in [-0.2, -0.15) is 5.10 Å². The van der Waals surface area contributed by atoms with Crippen LogP contribution in [0.25, 0.3) is 6.08 Å². The second-order valence-electron chi connectivity index (χ2n) is 2.82. The van der Waals surface area contributed by atoms with E-state index in [0.717, 1.165) is 0 Å². The maximum atomic E-state index is 4.09. The van der Waals surface area contributed by atoms with Crippen LogP contribution in [0.1, 0.15) is 24.8 Å². The third kappa shape index (κ3) is 1.64. The Kier molecular flexibility index (Phi) is 1.98. The standard InChI is InChI=1S/C8H9IN2/c9-11-6-8(5-10-11)4-7-2-1-3-7/h4-6H,1-3H2. The smallest absolute Gasteiger partial charge is 0.0843 e. The van der Waals surface area contributed by atoms with Crippen LogP contribution in [0.2, 0.25) is 0 Å². The molecule has 0 aliphatic heterocycles. The lowest BCUT2D eigenvalue weighted by molar-refractivity contribution is 0.670. The number of rotatable bonds is 1. The van der Waals surface area contributed by atoms with Gasteiger partial charge < -0.3 is 0 Å². The molecular weight excluding hydrogens is 251 g/mol. The van der Waals surface area contributed by atoms with Gasteiger partial charge in [-0.05, 0) is 19.3 Å². The van der Waals surface area contributed by atoms with Crippen molar-refractivity contribution in [3.05, 3.63) is 23.5 Å². The molecule has 0 N–H and O–H groups in total. The highest BCUT2D eigenvalue weighted by molar-refractivity contribution is 14.1. The van der Waals surface area contributed by atoms with Gasteiger partial charge in [0.15, 0.2) is 0 Å². The van der Waals surface area contributed by atoms with E-state index in [-0.39, 0.29) is 0 Å². The highest BCUT2D eigenvalue weighted by Crippen LogP contribution is 2.27. The third-order valence-electron chi connectivity index (χ3n) is 1.94. The summed E-state index contributed by atoms with van der Waals surface area (Å²) >= 11 is 2.15. The van der Waals surface area contributed by atoms with Gasteiger partial charge in [0.05, 0.1) is 29.1 Å². The number of hydrogen-bond acceptors (Lipinski definition) is 1. The summed E-state index contributed by atoms with van der Waals surface area (Å²) < 4.78 is 1.81. The molecule has 1 aromatic rings. The summed E-state index contributed by atoms with van der Waals surface area (Å²) in [7, 11) is 0. The summed E-state index contributed by atoms with van der Waals surface area (Å²) in [5, 5.41) is 4.09. The first kappa shape index (κ1) is 7.34. The van der Waals surface area contributed by atoms with Gasteiger partial charge in [-0.3, -0.25) is 0 Å². The molecule has 0 spiro atoms. The summed E-state index contributed by atoms with van der Waals surface area (Å²) in [6.45, 7) is 0. The summed E-state index contributed by atoms with van der Waals surface area (Å²) in [6, 6.07) is 0. The quantitative estimate of drug-likeness (QED) is 0.710. The Bertz CT molecular complexity index is 282. The first-order valence-electron chi connectivity index (χ1n) is 3.75. The van der Waals surface area contributed by atoms with E-state index in [1.54, 1.807) is 5.57 Å². The highest BCUT2D eigenvalue weighted by atomic mass is 127. The van der Waals surface area contributed by atoms with Crippen molar-refractivity contribution in [2.75, 3.05) is 0 Å². The first-order chi connectivity index (χ1) is 5.34. The lowest BCUT2D eigenvalue weighted by Gasteiger charge is -2.14. The molecule has 3 heteroatoms. The molecule has 1 aliphatic carbocycles. The van der Waals surface area contributed by atoms with Gasteiger partial charge in [0.1, 0.15) is 0 Å². The van der Waals surface area contributed by atoms with E-state index >= 15 is 0 Å². The van der Waals surface area contributed by atoms with Gasteiger partial charge in [0.25, 0.3) is 0 Å². The van der Waals surface area contributed by atoms with Crippen LogP contribution in [0.4, 0.5) is 0 Å². The number of allylic oxidation sites excluding steroid dienone is 1. The van der Waals surface area contributed by atoms with Crippen molar-refractivity contribution in [2.24, 2.45) is 0 Å². The van der Waals surface area contributed by atoms with Gasteiger partial charge in [-0.15, -0.1) is 0 Å². The molecular formula is C8H9IN2. The summed E-state index contributed by atoms with van der Waals surface area (Å²) in [6.07, 6.45) is 10.1. The van der Waals surface area contributed by atoms with Crippen LogP contribution < -0.4 is 0 Å². The molecule has 2 nitrogen and oxygen atoms in total. The number of halogens is 1. The molecule has 1 saturated carbocycles. The summed E-state index contributed by atoms with van der Waals surface area (Å²) in [5.74, 6) is 0. The van der Waals surface area contributed by atoms with Crippen molar-refractivity contribution in [1.82, 2.24) is 7.99 Å². The van der Waals surface area contributed by atoms with Gasteiger partial charge in [0.2, 0.25) is 0 Å². The minimum absolute atomic E-state index is 1.23. The minimum Gasteiger partial charge on any atom is -0.211 e. The molecule has 1 fully saturated rings. The Morgan fingerprint density at radius 1 is 1.55 bits per heavy atom. The highest BCUT2D eigenvalue weighted by Gasteiger charge is 2.07. The maximum Gasteiger partial charge on any atom is 0.0843 e. The van der Waals surface area contributed by atoms with E-state index in [2.05, 4.69) is 34.0 Å². The van der Waals surface area contributed by atoms with Crippen molar-refractivity contribution >= 4 is 28.9 Å². The van der Waals surface area contributed by atoms with Crippen LogP contribution in [0.15, 0.2) is 18.0 Å². The monoisotopic (exact) mass is 260 g/mol. The van der Waals surface area contributed by atoms with Crippen molar-refractivity contribution in [1.29, 1.82) is 0 Å². The lowest BCUT2D eigenvalue weighted by Crippen LogP contribution is -1.95. The SMILES string of the molecule is In1cc(C=C2CCC2)cn1. The zero-order valence-electron chi connectivity index (χ0n) is 6.13. The Morgan fingerprint density at radius 3 is 2.82 bits per heavy atom. The van der Waals surface area contributed by atoms with Crippen LogP contribution in [-0.2, 0) is 0 Å². The molecule has 2 rings (SSSR count). The van der Waals surface area contributed by atoms with Gasteiger partial charge >= 0.3 is 0 Å². The van der Waals surface area contributed by atoms with E-state index in [1.807, 2.05) is 15.3 Å². The first-order valence-corrected chi connectivity index (χ1v) is 4.71. The average Bonchev–Trinajstić information content (AvgIpc) is 2.27. The second kappa shape index (κ2) is 2.97. The van der Waals surface area contributed by atoms with Gasteiger partial charge in [0, 0.05) is 11.8 Å². The van der Waals surface area contributed by atoms with Crippen LogP contribution in [-0.4, -0.2) is 7.99 Å². The van der Waals surface area contributed by atoms with Gasteiger partial charge in [-0.25, -0.2) is 2.90 Å². The molecule has 0 aromatic carbocycles. The Labute approximate surface area is 79.8 Å². The molecule has 0 amide bonds. The van der Waals surface area contributed by atoms with Crippen molar-refractivity contribution in [3.8, 4) is 0 Å². The number of hydrogen-bond donors (Lipinski definition) is 0. The Balaban J connectivity index is 2.17. The topological polar surface area (TPSA) is 17.8 Å². The molecule has 1 aliphatic rings. The van der Waals surface area contributed by atoms with E-state index in [9.17, 15) is 0 Å². The van der Waals surface area contributed by atoms with E-state index in [4.69, 9.17) is 0 Å². The molecule has 0 bridgehead atoms. The van der Waals surface area contributed by atoms with Crippen LogP contribution in [0.5, 0.6) is 0 Å². The Morgan fingerprint density at radius 2 is 2.36 bits per heavy atom. The fourth-order valence-electron chi connectivity index (χ4n) is 1.15. The molecule has 0 saturated heterocycles. The predicted octanol–water partition coefficient (Wildman–Crippen LogP) is 2.65. The fourth-order valence-corrected chi connectivity index (χ4v) is 1.59. The maximum absolute atomic E-state index is 4.09. The zero-order valence-corrected chi connectivity index (χ0v) is 8.28. The number of nitrogens with zero attached hydrogens (tertiary/aromatic N) is 2. The van der Waals surface area contributed by atoms with Gasteiger partial charge in [-0.1, -0.05) is 11.6 Å². The molecule has 0 radical (unpaired) electrons. The van der Waals surface area contributed by atoms with E-state index in [1.165, 1.54) is 24.8 Å². The predicted molar refractivity (Wildman–Crippen MR) is 53.5 cm³/mol. The van der Waals surface area contributed by atoms with Crippen molar-refractivity contribution in [2.45, 2.75) is 19.3 Å². The molecule has 1 heterocycles. The average molecular weight is 260 g/mol. The Hall–Kier alpha value is -0.320. The normalized spacial score (nSPS) is 16.3. The summed E-state index contributed by atoms with van der Waals surface area (Å²) in [4.78, 5) is 0. The van der Waals surface area contributed by atoms with Crippen LogP contribution >= 0.6 is 22.9 Å². The third-order valence-corrected chi connectivity index (χ3v) is 2.47. The molecule has 11 heavy (non-hydrogen) atoms. The summed E-state index contributed by atoms with van der Waals surface area (Å²) in [5.41, 5.74) is 2.79. The minimum atomic E-state index is 1.23. The van der Waals surface area contributed by atoms with Crippen LogP contribution in [0.3, 0.4) is 0 Å². The van der Waals surface area contributed by atoms with Crippen molar-refractivity contribution in [3.63, 3.8) is 0 Å².